The van der Waals surface area contributed by atoms with Crippen LogP contribution in [0.4, 0.5) is 4.39 Å². The Hall–Kier alpha value is -0.890. The number of halogens is 1. The van der Waals surface area contributed by atoms with Gasteiger partial charge in [0.25, 0.3) is 0 Å². The number of thiophene rings is 1. The smallest absolute Gasteiger partial charge is 0.144 e. The van der Waals surface area contributed by atoms with Crippen molar-refractivity contribution < 1.29 is 4.39 Å². The Morgan fingerprint density at radius 2 is 2.15 bits per heavy atom. The highest BCUT2D eigenvalue weighted by molar-refractivity contribution is 7.17. The van der Waals surface area contributed by atoms with Gasteiger partial charge in [-0.3, -0.25) is 0 Å². The summed E-state index contributed by atoms with van der Waals surface area (Å²) in [5.74, 6) is -0.0191. The largest absolute Gasteiger partial charge is 0.205 e. The molecule has 0 saturated heterocycles. The summed E-state index contributed by atoms with van der Waals surface area (Å²) in [5.41, 5.74) is 0.845. The molecule has 1 aromatic heterocycles. The minimum Gasteiger partial charge on any atom is -0.205 e. The first-order chi connectivity index (χ1) is 6.33. The predicted octanol–water partition coefficient (Wildman–Crippen LogP) is 3.99. The lowest BCUT2D eigenvalue weighted by atomic mass is 10.1. The molecule has 0 spiro atoms. The second kappa shape index (κ2) is 3.46. The molecule has 2 heteroatoms. The fourth-order valence-electron chi connectivity index (χ4n) is 1.50. The summed E-state index contributed by atoms with van der Waals surface area (Å²) in [6.07, 6.45) is 1.83. The Labute approximate surface area is 81.0 Å². The Morgan fingerprint density at radius 1 is 1.31 bits per heavy atom. The van der Waals surface area contributed by atoms with E-state index in [0.717, 1.165) is 28.5 Å². The van der Waals surface area contributed by atoms with Crippen molar-refractivity contribution in [3.05, 3.63) is 35.0 Å². The SMILES string of the molecule is CCCc1ccc2ccsc2c1F. The first-order valence-electron chi connectivity index (χ1n) is 4.47. The zero-order valence-electron chi connectivity index (χ0n) is 7.51. The van der Waals surface area contributed by atoms with Gasteiger partial charge < -0.3 is 0 Å². The van der Waals surface area contributed by atoms with E-state index in [1.807, 2.05) is 23.6 Å². The highest BCUT2D eigenvalue weighted by Gasteiger charge is 2.06. The van der Waals surface area contributed by atoms with E-state index >= 15 is 0 Å². The number of rotatable bonds is 2. The number of benzene rings is 1. The molecule has 0 nitrogen and oxygen atoms in total. The van der Waals surface area contributed by atoms with Crippen LogP contribution in [0.25, 0.3) is 10.1 Å². The van der Waals surface area contributed by atoms with Gasteiger partial charge in [0.2, 0.25) is 0 Å². The number of aryl methyl sites for hydroxylation is 1. The fourth-order valence-corrected chi connectivity index (χ4v) is 2.36. The third kappa shape index (κ3) is 1.46. The van der Waals surface area contributed by atoms with Crippen molar-refractivity contribution in [2.45, 2.75) is 19.8 Å². The third-order valence-corrected chi connectivity index (χ3v) is 3.08. The molecule has 0 fully saturated rings. The minimum atomic E-state index is -0.0191. The monoisotopic (exact) mass is 194 g/mol. The molecule has 1 aromatic carbocycles. The van der Waals surface area contributed by atoms with Crippen LogP contribution in [0.1, 0.15) is 18.9 Å². The van der Waals surface area contributed by atoms with Crippen molar-refractivity contribution in [1.29, 1.82) is 0 Å². The molecule has 0 N–H and O–H groups in total. The lowest BCUT2D eigenvalue weighted by Gasteiger charge is -2.01. The van der Waals surface area contributed by atoms with E-state index in [4.69, 9.17) is 0 Å². The molecule has 1 heterocycles. The first kappa shape index (κ1) is 8.70. The quantitative estimate of drug-likeness (QED) is 0.678. The summed E-state index contributed by atoms with van der Waals surface area (Å²) in [4.78, 5) is 0. The Bertz CT molecular complexity index is 417. The van der Waals surface area contributed by atoms with Crippen molar-refractivity contribution >= 4 is 21.4 Å². The van der Waals surface area contributed by atoms with Gasteiger partial charge in [-0.15, -0.1) is 11.3 Å². The Balaban J connectivity index is 2.59. The van der Waals surface area contributed by atoms with Gasteiger partial charge in [-0.25, -0.2) is 4.39 Å². The standard InChI is InChI=1S/C11H11FS/c1-2-3-8-4-5-9-6-7-13-11(9)10(8)12/h4-7H,2-3H2,1H3. The van der Waals surface area contributed by atoms with Crippen molar-refractivity contribution in [2.24, 2.45) is 0 Å². The zero-order chi connectivity index (χ0) is 9.26. The van der Waals surface area contributed by atoms with E-state index in [0.29, 0.717) is 0 Å². The topological polar surface area (TPSA) is 0 Å². The van der Waals surface area contributed by atoms with E-state index < -0.39 is 0 Å². The van der Waals surface area contributed by atoms with Gasteiger partial charge >= 0.3 is 0 Å². The molecule has 0 unspecified atom stereocenters. The highest BCUT2D eigenvalue weighted by Crippen LogP contribution is 2.26. The molecular formula is C11H11FS. The van der Waals surface area contributed by atoms with Crippen LogP contribution in [0, 0.1) is 5.82 Å². The number of hydrogen-bond donors (Lipinski definition) is 0. The molecular weight excluding hydrogens is 183 g/mol. The molecule has 0 atom stereocenters. The molecule has 0 saturated carbocycles. The van der Waals surface area contributed by atoms with Gasteiger partial charge in [0.15, 0.2) is 0 Å². The van der Waals surface area contributed by atoms with E-state index in [-0.39, 0.29) is 5.82 Å². The van der Waals surface area contributed by atoms with Gasteiger partial charge in [0.1, 0.15) is 5.82 Å². The zero-order valence-corrected chi connectivity index (χ0v) is 8.33. The predicted molar refractivity (Wildman–Crippen MR) is 55.8 cm³/mol. The first-order valence-corrected chi connectivity index (χ1v) is 5.35. The lowest BCUT2D eigenvalue weighted by molar-refractivity contribution is 0.621. The van der Waals surface area contributed by atoms with E-state index in [9.17, 15) is 4.39 Å². The van der Waals surface area contributed by atoms with Gasteiger partial charge in [0.05, 0.1) is 4.70 Å². The molecule has 0 aliphatic rings. The molecule has 0 bridgehead atoms. The second-order valence-electron chi connectivity index (χ2n) is 3.13. The summed E-state index contributed by atoms with van der Waals surface area (Å²) in [7, 11) is 0. The normalized spacial score (nSPS) is 10.9. The summed E-state index contributed by atoms with van der Waals surface area (Å²) in [6, 6.07) is 5.85. The van der Waals surface area contributed by atoms with Crippen molar-refractivity contribution in [3.63, 3.8) is 0 Å². The maximum absolute atomic E-state index is 13.7. The van der Waals surface area contributed by atoms with E-state index in [1.54, 1.807) is 0 Å². The molecule has 0 radical (unpaired) electrons. The van der Waals surface area contributed by atoms with Crippen LogP contribution in [0.5, 0.6) is 0 Å². The van der Waals surface area contributed by atoms with Crippen LogP contribution < -0.4 is 0 Å². The van der Waals surface area contributed by atoms with Gasteiger partial charge in [-0.1, -0.05) is 25.5 Å². The van der Waals surface area contributed by atoms with Gasteiger partial charge in [0, 0.05) is 0 Å². The van der Waals surface area contributed by atoms with Gasteiger partial charge in [-0.2, -0.15) is 0 Å². The third-order valence-electron chi connectivity index (χ3n) is 2.16. The van der Waals surface area contributed by atoms with Crippen LogP contribution in [0.15, 0.2) is 23.6 Å². The summed E-state index contributed by atoms with van der Waals surface area (Å²) < 4.78 is 14.5. The van der Waals surface area contributed by atoms with Crippen molar-refractivity contribution in [2.75, 3.05) is 0 Å². The molecule has 0 aliphatic heterocycles. The maximum Gasteiger partial charge on any atom is 0.144 e. The van der Waals surface area contributed by atoms with Gasteiger partial charge in [-0.05, 0) is 28.8 Å². The molecule has 68 valence electrons. The number of hydrogen-bond acceptors (Lipinski definition) is 1. The highest BCUT2D eigenvalue weighted by atomic mass is 32.1. The molecule has 13 heavy (non-hydrogen) atoms. The summed E-state index contributed by atoms with van der Waals surface area (Å²) in [5, 5.41) is 2.95. The second-order valence-corrected chi connectivity index (χ2v) is 4.04. The van der Waals surface area contributed by atoms with Crippen LogP contribution >= 0.6 is 11.3 Å². The van der Waals surface area contributed by atoms with Crippen molar-refractivity contribution in [1.82, 2.24) is 0 Å². The number of fused-ring (bicyclic) bond motifs is 1. The molecule has 2 aromatic rings. The van der Waals surface area contributed by atoms with Crippen LogP contribution in [-0.4, -0.2) is 0 Å². The van der Waals surface area contributed by atoms with E-state index in [1.165, 1.54) is 11.3 Å². The minimum absolute atomic E-state index is 0.0191. The molecule has 2 rings (SSSR count). The average molecular weight is 194 g/mol. The summed E-state index contributed by atoms with van der Waals surface area (Å²) >= 11 is 1.48. The van der Waals surface area contributed by atoms with Crippen LogP contribution in [0.3, 0.4) is 0 Å². The summed E-state index contributed by atoms with van der Waals surface area (Å²) in [6.45, 7) is 2.07. The van der Waals surface area contributed by atoms with Crippen LogP contribution in [-0.2, 0) is 6.42 Å². The van der Waals surface area contributed by atoms with Crippen molar-refractivity contribution in [3.8, 4) is 0 Å². The Morgan fingerprint density at radius 3 is 2.92 bits per heavy atom. The molecule has 0 aliphatic carbocycles. The molecule has 0 amide bonds. The Kier molecular flexibility index (Phi) is 2.32. The average Bonchev–Trinajstić information content (AvgIpc) is 2.58. The fraction of sp³-hybridized carbons (Fsp3) is 0.273. The van der Waals surface area contributed by atoms with Crippen LogP contribution in [0.2, 0.25) is 0 Å². The lowest BCUT2D eigenvalue weighted by Crippen LogP contribution is -1.88. The van der Waals surface area contributed by atoms with E-state index in [2.05, 4.69) is 6.92 Å². The maximum atomic E-state index is 13.7.